The molecule has 2 heterocycles. The van der Waals surface area contributed by atoms with E-state index < -0.39 is 0 Å². The first-order valence-corrected chi connectivity index (χ1v) is 8.72. The van der Waals surface area contributed by atoms with Gasteiger partial charge in [0.1, 0.15) is 5.01 Å². The molecule has 0 fully saturated rings. The minimum absolute atomic E-state index is 0.102. The molecule has 1 aromatic carbocycles. The van der Waals surface area contributed by atoms with Crippen molar-refractivity contribution in [3.05, 3.63) is 35.2 Å². The van der Waals surface area contributed by atoms with E-state index in [4.69, 9.17) is 5.10 Å². The molecule has 0 radical (unpaired) electrons. The van der Waals surface area contributed by atoms with E-state index in [9.17, 15) is 0 Å². The highest BCUT2D eigenvalue weighted by Crippen LogP contribution is 2.35. The number of benzene rings is 1. The standard InChI is InChI=1S/C18H24N4S/c1-11-19-20-16-22(11)21-15(23-16)12-8-13(17(2,3)4)10-14(9-12)18(5,6)7/h8-10H,1-7H3. The monoisotopic (exact) mass is 328 g/mol. The fourth-order valence-electron chi connectivity index (χ4n) is 2.45. The van der Waals surface area contributed by atoms with E-state index in [1.54, 1.807) is 11.3 Å². The molecule has 0 atom stereocenters. The van der Waals surface area contributed by atoms with Gasteiger partial charge in [-0.15, -0.1) is 10.2 Å². The second-order valence-electron chi connectivity index (χ2n) is 8.15. The SMILES string of the molecule is Cc1nnc2sc(-c3cc(C(C)(C)C)cc(C(C)(C)C)c3)nn12. The van der Waals surface area contributed by atoms with Crippen LogP contribution < -0.4 is 0 Å². The number of aromatic nitrogens is 4. The summed E-state index contributed by atoms with van der Waals surface area (Å²) in [4.78, 5) is 0.843. The molecule has 0 aliphatic carbocycles. The van der Waals surface area contributed by atoms with Crippen molar-refractivity contribution in [2.45, 2.75) is 59.3 Å². The minimum Gasteiger partial charge on any atom is -0.187 e. The summed E-state index contributed by atoms with van der Waals surface area (Å²) in [5.41, 5.74) is 4.04. The minimum atomic E-state index is 0.102. The maximum Gasteiger partial charge on any atom is 0.234 e. The number of fused-ring (bicyclic) bond motifs is 1. The Morgan fingerprint density at radius 3 is 1.91 bits per heavy atom. The van der Waals surface area contributed by atoms with Crippen molar-refractivity contribution in [1.82, 2.24) is 19.8 Å². The van der Waals surface area contributed by atoms with Crippen LogP contribution in [0.5, 0.6) is 0 Å². The topological polar surface area (TPSA) is 43.1 Å². The highest BCUT2D eigenvalue weighted by Gasteiger charge is 2.22. The molecule has 122 valence electrons. The molecule has 0 saturated carbocycles. The molecule has 0 amide bonds. The van der Waals surface area contributed by atoms with Crippen molar-refractivity contribution >= 4 is 16.3 Å². The Morgan fingerprint density at radius 1 is 0.870 bits per heavy atom. The number of hydrogen-bond acceptors (Lipinski definition) is 4. The maximum absolute atomic E-state index is 4.70. The molecule has 3 aromatic rings. The highest BCUT2D eigenvalue weighted by atomic mass is 32.1. The molecule has 23 heavy (non-hydrogen) atoms. The third-order valence-corrected chi connectivity index (χ3v) is 5.01. The second kappa shape index (κ2) is 5.13. The average Bonchev–Trinajstić information content (AvgIpc) is 2.99. The van der Waals surface area contributed by atoms with Crippen LogP contribution in [0.25, 0.3) is 15.5 Å². The van der Waals surface area contributed by atoms with Gasteiger partial charge in [-0.25, -0.2) is 0 Å². The lowest BCUT2D eigenvalue weighted by Gasteiger charge is -2.25. The second-order valence-corrected chi connectivity index (χ2v) is 9.10. The zero-order chi connectivity index (χ0) is 17.0. The molecule has 0 N–H and O–H groups in total. The van der Waals surface area contributed by atoms with Crippen molar-refractivity contribution in [1.29, 1.82) is 0 Å². The van der Waals surface area contributed by atoms with E-state index >= 15 is 0 Å². The van der Waals surface area contributed by atoms with Gasteiger partial charge in [-0.05, 0) is 41.0 Å². The normalized spacial score (nSPS) is 13.0. The van der Waals surface area contributed by atoms with Crippen LogP contribution in [0.15, 0.2) is 18.2 Å². The summed E-state index contributed by atoms with van der Waals surface area (Å²) in [5, 5.41) is 13.9. The lowest BCUT2D eigenvalue weighted by atomic mass is 9.79. The number of hydrogen-bond donors (Lipinski definition) is 0. The summed E-state index contributed by atoms with van der Waals surface area (Å²) in [6.45, 7) is 15.4. The van der Waals surface area contributed by atoms with Gasteiger partial charge >= 0.3 is 0 Å². The lowest BCUT2D eigenvalue weighted by Crippen LogP contribution is -2.16. The van der Waals surface area contributed by atoms with Gasteiger partial charge in [-0.1, -0.05) is 58.9 Å². The van der Waals surface area contributed by atoms with Crippen LogP contribution in [0.4, 0.5) is 0 Å². The molecule has 0 saturated heterocycles. The third-order valence-electron chi connectivity index (χ3n) is 4.06. The van der Waals surface area contributed by atoms with Crippen molar-refractivity contribution in [2.24, 2.45) is 0 Å². The molecule has 2 aromatic heterocycles. The van der Waals surface area contributed by atoms with Crippen molar-refractivity contribution in [3.63, 3.8) is 0 Å². The van der Waals surface area contributed by atoms with Crippen LogP contribution in [0.2, 0.25) is 0 Å². The Hall–Kier alpha value is -1.75. The first kappa shape index (κ1) is 16.1. The van der Waals surface area contributed by atoms with Gasteiger partial charge in [0.25, 0.3) is 0 Å². The van der Waals surface area contributed by atoms with Crippen LogP contribution in [0, 0.1) is 6.92 Å². The Kier molecular flexibility index (Phi) is 3.59. The predicted octanol–water partition coefficient (Wildman–Crippen LogP) is 4.76. The van der Waals surface area contributed by atoms with Gasteiger partial charge in [0.05, 0.1) is 0 Å². The Bertz CT molecular complexity index is 827. The summed E-state index contributed by atoms with van der Waals surface area (Å²) in [5.74, 6) is 0.825. The largest absolute Gasteiger partial charge is 0.234 e. The molecular weight excluding hydrogens is 304 g/mol. The van der Waals surface area contributed by atoms with Crippen LogP contribution in [-0.2, 0) is 10.8 Å². The molecule has 0 spiro atoms. The van der Waals surface area contributed by atoms with Crippen molar-refractivity contribution in [3.8, 4) is 10.6 Å². The summed E-state index contributed by atoms with van der Waals surface area (Å²) >= 11 is 1.59. The number of rotatable bonds is 1. The van der Waals surface area contributed by atoms with Crippen LogP contribution in [0.1, 0.15) is 58.5 Å². The predicted molar refractivity (Wildman–Crippen MR) is 96.2 cm³/mol. The van der Waals surface area contributed by atoms with Crippen LogP contribution in [-0.4, -0.2) is 19.8 Å². The summed E-state index contributed by atoms with van der Waals surface area (Å²) in [6, 6.07) is 6.85. The van der Waals surface area contributed by atoms with Gasteiger partial charge in [-0.3, -0.25) is 0 Å². The van der Waals surface area contributed by atoms with E-state index in [1.807, 2.05) is 11.4 Å². The number of nitrogens with zero attached hydrogens (tertiary/aromatic N) is 4. The van der Waals surface area contributed by atoms with Crippen molar-refractivity contribution < 1.29 is 0 Å². The molecule has 3 rings (SSSR count). The smallest absolute Gasteiger partial charge is 0.187 e. The summed E-state index contributed by atoms with van der Waals surface area (Å²) in [6.07, 6.45) is 0. The highest BCUT2D eigenvalue weighted by molar-refractivity contribution is 7.19. The summed E-state index contributed by atoms with van der Waals surface area (Å²) < 4.78 is 1.82. The van der Waals surface area contributed by atoms with Gasteiger partial charge in [-0.2, -0.15) is 9.61 Å². The fraction of sp³-hybridized carbons (Fsp3) is 0.500. The van der Waals surface area contributed by atoms with E-state index in [-0.39, 0.29) is 10.8 Å². The third kappa shape index (κ3) is 3.02. The quantitative estimate of drug-likeness (QED) is 0.647. The van der Waals surface area contributed by atoms with Gasteiger partial charge in [0, 0.05) is 5.56 Å². The van der Waals surface area contributed by atoms with E-state index in [1.165, 1.54) is 11.1 Å². The summed E-state index contributed by atoms with van der Waals surface area (Å²) in [7, 11) is 0. The van der Waals surface area contributed by atoms with Crippen LogP contribution in [0.3, 0.4) is 0 Å². The van der Waals surface area contributed by atoms with Gasteiger partial charge in [0.15, 0.2) is 5.82 Å². The average molecular weight is 328 g/mol. The van der Waals surface area contributed by atoms with E-state index in [0.29, 0.717) is 0 Å². The Balaban J connectivity index is 2.21. The molecule has 0 unspecified atom stereocenters. The first-order chi connectivity index (χ1) is 10.6. The zero-order valence-corrected chi connectivity index (χ0v) is 15.7. The van der Waals surface area contributed by atoms with Crippen LogP contribution >= 0.6 is 11.3 Å². The van der Waals surface area contributed by atoms with Gasteiger partial charge < -0.3 is 0 Å². The Labute approximate surface area is 141 Å². The van der Waals surface area contributed by atoms with E-state index in [0.717, 1.165) is 21.4 Å². The maximum atomic E-state index is 4.70. The van der Waals surface area contributed by atoms with Gasteiger partial charge in [0.2, 0.25) is 4.96 Å². The first-order valence-electron chi connectivity index (χ1n) is 7.91. The lowest BCUT2D eigenvalue weighted by molar-refractivity contribution is 0.569. The Morgan fingerprint density at radius 2 is 1.43 bits per heavy atom. The van der Waals surface area contributed by atoms with E-state index in [2.05, 4.69) is 69.9 Å². The van der Waals surface area contributed by atoms with Crippen molar-refractivity contribution in [2.75, 3.05) is 0 Å². The molecular formula is C18H24N4S. The number of aryl methyl sites for hydroxylation is 1. The zero-order valence-electron chi connectivity index (χ0n) is 14.9. The molecule has 5 heteroatoms. The molecule has 0 bridgehead atoms. The fourth-order valence-corrected chi connectivity index (χ4v) is 3.32. The molecule has 4 nitrogen and oxygen atoms in total. The molecule has 0 aliphatic heterocycles. The molecule has 0 aliphatic rings.